The van der Waals surface area contributed by atoms with Gasteiger partial charge in [-0.05, 0) is 30.2 Å². The molecule has 3 rings (SSSR count). The summed E-state index contributed by atoms with van der Waals surface area (Å²) in [4.78, 5) is 25.1. The van der Waals surface area contributed by atoms with Crippen LogP contribution < -0.4 is 10.6 Å². The smallest absolute Gasteiger partial charge is 0.251 e. The zero-order chi connectivity index (χ0) is 24.1. The van der Waals surface area contributed by atoms with Crippen molar-refractivity contribution in [2.24, 2.45) is 13.0 Å². The Morgan fingerprint density at radius 2 is 1.70 bits per heavy atom. The minimum absolute atomic E-state index is 0.0595. The quantitative estimate of drug-likeness (QED) is 0.371. The molecule has 0 bridgehead atoms. The minimum Gasteiger partial charge on any atom is -0.342 e. The molecular formula is C22H22Cl3N5O2S. The molecule has 0 aliphatic heterocycles. The number of carbonyl (C=O) groups is 2. The van der Waals surface area contributed by atoms with E-state index in [0.29, 0.717) is 27.3 Å². The van der Waals surface area contributed by atoms with Gasteiger partial charge in [0.05, 0.1) is 27.5 Å². The topological polar surface area (TPSA) is 88.9 Å². The van der Waals surface area contributed by atoms with Gasteiger partial charge in [-0.1, -0.05) is 78.6 Å². The maximum Gasteiger partial charge on any atom is 0.251 e. The van der Waals surface area contributed by atoms with Crippen molar-refractivity contribution >= 4 is 64.1 Å². The lowest BCUT2D eigenvalue weighted by atomic mass is 10.0. The summed E-state index contributed by atoms with van der Waals surface area (Å²) in [5.74, 6) is 0.220. The average Bonchev–Trinajstić information content (AvgIpc) is 3.13. The standard InChI is InChI=1S/C22H22Cl3N5O2S/c1-12(2)18(27-21(32)13-7-5-4-6-8-13)20-28-29-22(30(20)3)33-11-17(31)26-19-15(24)9-14(23)10-16(19)25/h4-10,12,18H,11H2,1-3H3,(H,26,31)(H,27,32)/t18-/m0/s1. The molecule has 2 N–H and O–H groups in total. The fraction of sp³-hybridized carbons (Fsp3) is 0.273. The Labute approximate surface area is 211 Å². The summed E-state index contributed by atoms with van der Waals surface area (Å²) < 4.78 is 1.77. The molecule has 0 saturated carbocycles. The van der Waals surface area contributed by atoms with Crippen LogP contribution in [0.5, 0.6) is 0 Å². The van der Waals surface area contributed by atoms with Crippen LogP contribution in [0.3, 0.4) is 0 Å². The number of halogens is 3. The molecule has 7 nitrogen and oxygen atoms in total. The molecule has 0 aliphatic rings. The number of nitrogens with zero attached hydrogens (tertiary/aromatic N) is 3. The first-order chi connectivity index (χ1) is 15.7. The summed E-state index contributed by atoms with van der Waals surface area (Å²) >= 11 is 19.4. The lowest BCUT2D eigenvalue weighted by molar-refractivity contribution is -0.113. The number of hydrogen-bond donors (Lipinski definition) is 2. The molecule has 1 aromatic heterocycles. The van der Waals surface area contributed by atoms with Gasteiger partial charge in [0.15, 0.2) is 11.0 Å². The summed E-state index contributed by atoms with van der Waals surface area (Å²) in [6.07, 6.45) is 0. The molecule has 0 fully saturated rings. The van der Waals surface area contributed by atoms with Gasteiger partial charge in [-0.3, -0.25) is 9.59 Å². The second kappa shape index (κ2) is 11.2. The van der Waals surface area contributed by atoms with Crippen LogP contribution in [-0.2, 0) is 11.8 Å². The van der Waals surface area contributed by atoms with Gasteiger partial charge in [0, 0.05) is 17.6 Å². The highest BCUT2D eigenvalue weighted by molar-refractivity contribution is 7.99. The molecule has 1 atom stereocenters. The van der Waals surface area contributed by atoms with E-state index in [2.05, 4.69) is 20.8 Å². The minimum atomic E-state index is -0.356. The SMILES string of the molecule is CC(C)[C@H](NC(=O)c1ccccc1)c1nnc(SCC(=O)Nc2c(Cl)cc(Cl)cc2Cl)n1C. The van der Waals surface area contributed by atoms with Crippen LogP contribution in [0.4, 0.5) is 5.69 Å². The summed E-state index contributed by atoms with van der Waals surface area (Å²) in [6.45, 7) is 3.98. The number of rotatable bonds is 8. The van der Waals surface area contributed by atoms with E-state index < -0.39 is 0 Å². The summed E-state index contributed by atoms with van der Waals surface area (Å²) in [7, 11) is 1.80. The molecule has 3 aromatic rings. The molecule has 0 spiro atoms. The maximum atomic E-state index is 12.7. The largest absolute Gasteiger partial charge is 0.342 e. The third-order valence-corrected chi connectivity index (χ3v) is 6.57. The first kappa shape index (κ1) is 25.4. The highest BCUT2D eigenvalue weighted by atomic mass is 35.5. The molecule has 0 unspecified atom stereocenters. The number of anilines is 1. The number of carbonyl (C=O) groups excluding carboxylic acids is 2. The summed E-state index contributed by atoms with van der Waals surface area (Å²) in [5.41, 5.74) is 0.867. The van der Waals surface area contributed by atoms with Crippen LogP contribution >= 0.6 is 46.6 Å². The van der Waals surface area contributed by atoms with E-state index in [1.807, 2.05) is 32.0 Å². The molecule has 0 radical (unpaired) electrons. The van der Waals surface area contributed by atoms with Crippen molar-refractivity contribution in [1.29, 1.82) is 0 Å². The Bertz CT molecular complexity index is 1130. The predicted octanol–water partition coefficient (Wildman–Crippen LogP) is 5.63. The Balaban J connectivity index is 1.68. The Morgan fingerprint density at radius 3 is 2.30 bits per heavy atom. The molecule has 2 aromatic carbocycles. The van der Waals surface area contributed by atoms with Gasteiger partial charge >= 0.3 is 0 Å². The van der Waals surface area contributed by atoms with Crippen molar-refractivity contribution in [2.45, 2.75) is 25.0 Å². The predicted molar refractivity (Wildman–Crippen MR) is 133 cm³/mol. The molecule has 11 heteroatoms. The monoisotopic (exact) mass is 525 g/mol. The van der Waals surface area contributed by atoms with Gasteiger partial charge in [0.25, 0.3) is 5.91 Å². The van der Waals surface area contributed by atoms with Crippen LogP contribution in [0.2, 0.25) is 15.1 Å². The molecule has 33 heavy (non-hydrogen) atoms. The van der Waals surface area contributed by atoms with Gasteiger partial charge in [-0.2, -0.15) is 0 Å². The molecule has 0 saturated heterocycles. The van der Waals surface area contributed by atoms with Crippen molar-refractivity contribution in [1.82, 2.24) is 20.1 Å². The van der Waals surface area contributed by atoms with Crippen LogP contribution in [0.15, 0.2) is 47.6 Å². The highest BCUT2D eigenvalue weighted by Crippen LogP contribution is 2.34. The summed E-state index contributed by atoms with van der Waals surface area (Å²) in [6, 6.07) is 11.6. The molecule has 174 valence electrons. The van der Waals surface area contributed by atoms with E-state index in [1.54, 1.807) is 23.7 Å². The van der Waals surface area contributed by atoms with E-state index in [-0.39, 0.29) is 39.6 Å². The maximum absolute atomic E-state index is 12.7. The number of aromatic nitrogens is 3. The lowest BCUT2D eigenvalue weighted by Gasteiger charge is -2.21. The Hall–Kier alpha value is -2.26. The number of nitrogens with one attached hydrogen (secondary N) is 2. The zero-order valence-corrected chi connectivity index (χ0v) is 21.2. The van der Waals surface area contributed by atoms with Crippen LogP contribution in [0.25, 0.3) is 0 Å². The first-order valence-corrected chi connectivity index (χ1v) is 12.1. The van der Waals surface area contributed by atoms with Gasteiger partial charge in [0.2, 0.25) is 5.91 Å². The van der Waals surface area contributed by atoms with E-state index in [0.717, 1.165) is 0 Å². The van der Waals surface area contributed by atoms with E-state index in [4.69, 9.17) is 34.8 Å². The van der Waals surface area contributed by atoms with Gasteiger partial charge in [-0.25, -0.2) is 0 Å². The van der Waals surface area contributed by atoms with E-state index >= 15 is 0 Å². The fourth-order valence-electron chi connectivity index (χ4n) is 3.03. The van der Waals surface area contributed by atoms with Crippen LogP contribution in [0.1, 0.15) is 36.1 Å². The van der Waals surface area contributed by atoms with Gasteiger partial charge < -0.3 is 15.2 Å². The van der Waals surface area contributed by atoms with Gasteiger partial charge in [-0.15, -0.1) is 10.2 Å². The zero-order valence-electron chi connectivity index (χ0n) is 18.1. The number of amides is 2. The van der Waals surface area contributed by atoms with Gasteiger partial charge in [0.1, 0.15) is 0 Å². The van der Waals surface area contributed by atoms with Crippen molar-refractivity contribution in [3.63, 3.8) is 0 Å². The first-order valence-electron chi connectivity index (χ1n) is 9.99. The lowest BCUT2D eigenvalue weighted by Crippen LogP contribution is -2.33. The van der Waals surface area contributed by atoms with E-state index in [9.17, 15) is 9.59 Å². The number of benzene rings is 2. The number of hydrogen-bond acceptors (Lipinski definition) is 5. The van der Waals surface area contributed by atoms with Crippen LogP contribution in [-0.4, -0.2) is 32.3 Å². The molecule has 1 heterocycles. The van der Waals surface area contributed by atoms with Crippen molar-refractivity contribution in [3.05, 3.63) is 68.9 Å². The molecular weight excluding hydrogens is 505 g/mol. The second-order valence-electron chi connectivity index (χ2n) is 7.54. The molecule has 2 amide bonds. The third kappa shape index (κ3) is 6.41. The van der Waals surface area contributed by atoms with Crippen LogP contribution in [0, 0.1) is 5.92 Å². The summed E-state index contributed by atoms with van der Waals surface area (Å²) in [5, 5.41) is 15.6. The highest BCUT2D eigenvalue weighted by Gasteiger charge is 2.25. The number of thioether (sulfide) groups is 1. The van der Waals surface area contributed by atoms with Crippen molar-refractivity contribution < 1.29 is 9.59 Å². The second-order valence-corrected chi connectivity index (χ2v) is 9.74. The average molecular weight is 527 g/mol. The fourth-order valence-corrected chi connectivity index (χ4v) is 4.66. The van der Waals surface area contributed by atoms with E-state index in [1.165, 1.54) is 23.9 Å². The Morgan fingerprint density at radius 1 is 1.06 bits per heavy atom. The molecule has 0 aliphatic carbocycles. The van der Waals surface area contributed by atoms with Crippen molar-refractivity contribution in [2.75, 3.05) is 11.1 Å². The Kier molecular flexibility index (Phi) is 8.64. The van der Waals surface area contributed by atoms with Crippen molar-refractivity contribution in [3.8, 4) is 0 Å². The third-order valence-electron chi connectivity index (χ3n) is 4.74. The normalized spacial score (nSPS) is 12.0.